The third-order valence-corrected chi connectivity index (χ3v) is 6.11. The van der Waals surface area contributed by atoms with Crippen LogP contribution < -0.4 is 19.1 Å². The van der Waals surface area contributed by atoms with Crippen molar-refractivity contribution in [3.63, 3.8) is 0 Å². The number of anilines is 1. The number of carbonyl (C=O) groups is 1. The molecule has 1 aliphatic rings. The van der Waals surface area contributed by atoms with Crippen molar-refractivity contribution >= 4 is 34.6 Å². The van der Waals surface area contributed by atoms with Crippen molar-refractivity contribution < 1.29 is 27.8 Å². The van der Waals surface area contributed by atoms with Crippen LogP contribution in [0.4, 0.5) is 14.5 Å². The van der Waals surface area contributed by atoms with Gasteiger partial charge in [0.1, 0.15) is 22.9 Å². The van der Waals surface area contributed by atoms with Crippen LogP contribution in [0.2, 0.25) is 0 Å². The zero-order chi connectivity index (χ0) is 24.8. The number of carbonyl (C=O) groups excluding carboxylic acids is 1. The number of thioether (sulfide) groups is 1. The number of aliphatic imine (C=N–C) groups is 1. The Labute approximate surface area is 205 Å². The number of nitrogens with zero attached hydrogens (tertiary/aromatic N) is 2. The number of amidine groups is 1. The molecule has 180 valence electrons. The Kier molecular flexibility index (Phi) is 7.67. The van der Waals surface area contributed by atoms with Gasteiger partial charge in [0.2, 0.25) is 0 Å². The largest absolute Gasteiger partial charge is 0.497 e. The Bertz CT molecular complexity index is 1230. The predicted octanol–water partition coefficient (Wildman–Crippen LogP) is 5.98. The number of halogens is 2. The lowest BCUT2D eigenvalue weighted by Crippen LogP contribution is -2.30. The van der Waals surface area contributed by atoms with Crippen LogP contribution in [0.15, 0.2) is 83.5 Å². The molecule has 0 aliphatic carbocycles. The van der Waals surface area contributed by atoms with Crippen LogP contribution in [0.3, 0.4) is 0 Å². The van der Waals surface area contributed by atoms with E-state index in [1.54, 1.807) is 44.6 Å². The molecule has 1 heterocycles. The standard InChI is InChI=1S/C26H22F2N2O4S/c1-32-20-9-3-17(4-10-20)15-23-24(31)30(19-7-13-22(14-8-19)34-25(27)28)26(29-23)35-16-18-5-11-21(33-2)12-6-18/h3-15,25H,16H2,1-2H3/b23-15-. The molecule has 4 rings (SSSR count). The smallest absolute Gasteiger partial charge is 0.387 e. The molecule has 0 saturated carbocycles. The van der Waals surface area contributed by atoms with E-state index in [1.807, 2.05) is 36.4 Å². The van der Waals surface area contributed by atoms with Crippen molar-refractivity contribution in [3.8, 4) is 17.2 Å². The first-order valence-electron chi connectivity index (χ1n) is 10.6. The molecule has 0 bridgehead atoms. The topological polar surface area (TPSA) is 60.4 Å². The van der Waals surface area contributed by atoms with Crippen LogP contribution in [0.1, 0.15) is 11.1 Å². The van der Waals surface area contributed by atoms with Crippen molar-refractivity contribution in [2.75, 3.05) is 19.1 Å². The fourth-order valence-corrected chi connectivity index (χ4v) is 4.29. The van der Waals surface area contributed by atoms with Crippen LogP contribution in [0.25, 0.3) is 6.08 Å². The lowest BCUT2D eigenvalue weighted by molar-refractivity contribution is -0.113. The molecule has 0 unspecified atom stereocenters. The fraction of sp³-hybridized carbons (Fsp3) is 0.154. The summed E-state index contributed by atoms with van der Waals surface area (Å²) < 4.78 is 39.9. The summed E-state index contributed by atoms with van der Waals surface area (Å²) in [5.41, 5.74) is 2.58. The molecule has 0 N–H and O–H groups in total. The molecule has 0 atom stereocenters. The van der Waals surface area contributed by atoms with Crippen molar-refractivity contribution in [2.24, 2.45) is 4.99 Å². The Morgan fingerprint density at radius 1 is 0.886 bits per heavy atom. The fourth-order valence-electron chi connectivity index (χ4n) is 3.33. The summed E-state index contributed by atoms with van der Waals surface area (Å²) in [5, 5.41) is 0.480. The molecule has 0 spiro atoms. The van der Waals surface area contributed by atoms with E-state index in [0.29, 0.717) is 22.4 Å². The molecule has 3 aromatic carbocycles. The highest BCUT2D eigenvalue weighted by Crippen LogP contribution is 2.32. The Balaban J connectivity index is 1.61. The molecule has 9 heteroatoms. The number of rotatable bonds is 8. The number of hydrogen-bond acceptors (Lipinski definition) is 6. The van der Waals surface area contributed by atoms with E-state index < -0.39 is 6.61 Å². The number of alkyl halides is 2. The van der Waals surface area contributed by atoms with E-state index in [1.165, 1.54) is 28.8 Å². The lowest BCUT2D eigenvalue weighted by Gasteiger charge is -2.18. The quantitative estimate of drug-likeness (QED) is 0.359. The van der Waals surface area contributed by atoms with Gasteiger partial charge in [0, 0.05) is 5.75 Å². The second-order valence-corrected chi connectivity index (χ2v) is 8.29. The highest BCUT2D eigenvalue weighted by atomic mass is 32.2. The number of ether oxygens (including phenoxy) is 3. The number of hydrogen-bond donors (Lipinski definition) is 0. The van der Waals surface area contributed by atoms with E-state index in [-0.39, 0.29) is 17.4 Å². The zero-order valence-electron chi connectivity index (χ0n) is 19.0. The molecular weight excluding hydrogens is 474 g/mol. The molecule has 6 nitrogen and oxygen atoms in total. The van der Waals surface area contributed by atoms with Crippen LogP contribution >= 0.6 is 11.8 Å². The van der Waals surface area contributed by atoms with Crippen LogP contribution in [0, 0.1) is 0 Å². The summed E-state index contributed by atoms with van der Waals surface area (Å²) in [5.74, 6) is 1.71. The Morgan fingerprint density at radius 2 is 1.46 bits per heavy atom. The Hall–Kier alpha value is -3.85. The number of methoxy groups -OCH3 is 2. The second-order valence-electron chi connectivity index (χ2n) is 7.35. The average molecular weight is 497 g/mol. The highest BCUT2D eigenvalue weighted by Gasteiger charge is 2.32. The monoisotopic (exact) mass is 496 g/mol. The van der Waals surface area contributed by atoms with Gasteiger partial charge in [-0.25, -0.2) is 4.99 Å². The minimum absolute atomic E-state index is 0.00812. The van der Waals surface area contributed by atoms with E-state index in [4.69, 9.17) is 9.47 Å². The summed E-state index contributed by atoms with van der Waals surface area (Å²) in [6.45, 7) is -2.93. The molecule has 1 amide bonds. The summed E-state index contributed by atoms with van der Waals surface area (Å²) in [6.07, 6.45) is 1.70. The Morgan fingerprint density at radius 3 is 2.03 bits per heavy atom. The molecule has 0 radical (unpaired) electrons. The summed E-state index contributed by atoms with van der Waals surface area (Å²) >= 11 is 1.39. The number of benzene rings is 3. The van der Waals surface area contributed by atoms with Gasteiger partial charge in [-0.1, -0.05) is 36.0 Å². The van der Waals surface area contributed by atoms with Gasteiger partial charge < -0.3 is 14.2 Å². The molecular formula is C26H22F2N2O4S. The SMILES string of the molecule is COc1ccc(/C=C2\N=C(SCc3ccc(OC)cc3)N(c3ccc(OC(F)F)cc3)C2=O)cc1. The maximum atomic E-state index is 13.3. The van der Waals surface area contributed by atoms with E-state index >= 15 is 0 Å². The minimum Gasteiger partial charge on any atom is -0.497 e. The van der Waals surface area contributed by atoms with Crippen molar-refractivity contribution in [3.05, 3.63) is 89.6 Å². The summed E-state index contributed by atoms with van der Waals surface area (Å²) in [6, 6.07) is 20.8. The normalized spacial score (nSPS) is 14.4. The molecule has 35 heavy (non-hydrogen) atoms. The lowest BCUT2D eigenvalue weighted by atomic mass is 10.2. The minimum atomic E-state index is -2.93. The second kappa shape index (κ2) is 11.1. The van der Waals surface area contributed by atoms with Gasteiger partial charge in [0.05, 0.1) is 19.9 Å². The van der Waals surface area contributed by atoms with Crippen LogP contribution in [-0.2, 0) is 10.5 Å². The van der Waals surface area contributed by atoms with Gasteiger partial charge in [-0.2, -0.15) is 8.78 Å². The molecule has 3 aromatic rings. The maximum Gasteiger partial charge on any atom is 0.387 e. The van der Waals surface area contributed by atoms with Gasteiger partial charge in [-0.15, -0.1) is 0 Å². The van der Waals surface area contributed by atoms with Gasteiger partial charge in [-0.05, 0) is 65.7 Å². The first kappa shape index (κ1) is 24.3. The van der Waals surface area contributed by atoms with E-state index in [9.17, 15) is 13.6 Å². The molecule has 0 fully saturated rings. The van der Waals surface area contributed by atoms with Crippen molar-refractivity contribution in [1.29, 1.82) is 0 Å². The van der Waals surface area contributed by atoms with Gasteiger partial charge in [0.25, 0.3) is 5.91 Å². The zero-order valence-corrected chi connectivity index (χ0v) is 19.8. The molecule has 1 aliphatic heterocycles. The first-order chi connectivity index (χ1) is 17.0. The third kappa shape index (κ3) is 5.99. The van der Waals surface area contributed by atoms with Crippen molar-refractivity contribution in [1.82, 2.24) is 0 Å². The molecule has 0 aromatic heterocycles. The number of amides is 1. The highest BCUT2D eigenvalue weighted by molar-refractivity contribution is 8.13. The van der Waals surface area contributed by atoms with Crippen LogP contribution in [0.5, 0.6) is 17.2 Å². The van der Waals surface area contributed by atoms with E-state index in [0.717, 1.165) is 16.9 Å². The summed E-state index contributed by atoms with van der Waals surface area (Å²) in [4.78, 5) is 19.4. The third-order valence-electron chi connectivity index (χ3n) is 5.10. The predicted molar refractivity (Wildman–Crippen MR) is 133 cm³/mol. The van der Waals surface area contributed by atoms with Crippen LogP contribution in [-0.4, -0.2) is 31.9 Å². The van der Waals surface area contributed by atoms with Gasteiger partial charge >= 0.3 is 6.61 Å². The van der Waals surface area contributed by atoms with Crippen molar-refractivity contribution in [2.45, 2.75) is 12.4 Å². The van der Waals surface area contributed by atoms with E-state index in [2.05, 4.69) is 9.73 Å². The molecule has 0 saturated heterocycles. The maximum absolute atomic E-state index is 13.3. The van der Waals surface area contributed by atoms with Gasteiger partial charge in [-0.3, -0.25) is 9.69 Å². The average Bonchev–Trinajstić information content (AvgIpc) is 3.18. The summed E-state index contributed by atoms with van der Waals surface area (Å²) in [7, 11) is 3.19. The van der Waals surface area contributed by atoms with Gasteiger partial charge in [0.15, 0.2) is 5.17 Å². The first-order valence-corrected chi connectivity index (χ1v) is 11.5.